The first-order chi connectivity index (χ1) is 21.1. The van der Waals surface area contributed by atoms with E-state index in [1.807, 2.05) is 19.2 Å². The van der Waals surface area contributed by atoms with Crippen molar-refractivity contribution in [3.63, 3.8) is 0 Å². The lowest BCUT2D eigenvalue weighted by Crippen LogP contribution is -1.94. The molecule has 0 amide bonds. The molecule has 0 aliphatic carbocycles. The third-order valence-corrected chi connectivity index (χ3v) is 7.58. The van der Waals surface area contributed by atoms with Crippen LogP contribution in [0, 0.1) is 0 Å². The first-order valence-electron chi connectivity index (χ1n) is 14.1. The molecule has 8 rings (SSSR count). The standard InChI is InChI=1S/C35H22N4.C3H6S/c1-2-6-23(7-3-1)26-13-15-34-31(20-26)30-8-4-5-9-33(30)39(34)28-14-12-24-18-27(11-10-25(24)19-28)29-16-17-37-32-21-36-22-38-35(29)32;1-3(2)4/h1-22H;4H,1H2,2H3. The van der Waals surface area contributed by atoms with Gasteiger partial charge in [0.05, 0.1) is 22.7 Å². The lowest BCUT2D eigenvalue weighted by atomic mass is 10.0. The van der Waals surface area contributed by atoms with Gasteiger partial charge in [-0.2, -0.15) is 0 Å². The molecular weight excluding hydrogens is 545 g/mol. The SMILES string of the molecule is C=C(C)S.c1ccc(-c2ccc3c(c2)c2ccccc2n3-c2ccc3cc(-c4ccnc5cncnc45)ccc3c2)cc1. The van der Waals surface area contributed by atoms with Crippen LogP contribution in [0.4, 0.5) is 0 Å². The second-order valence-corrected chi connectivity index (χ2v) is 11.3. The smallest absolute Gasteiger partial charge is 0.116 e. The van der Waals surface area contributed by atoms with Crippen molar-refractivity contribution in [1.29, 1.82) is 0 Å². The number of hydrogen-bond acceptors (Lipinski definition) is 4. The van der Waals surface area contributed by atoms with Crippen molar-refractivity contribution < 1.29 is 0 Å². The van der Waals surface area contributed by atoms with Crippen LogP contribution < -0.4 is 0 Å². The van der Waals surface area contributed by atoms with Crippen LogP contribution >= 0.6 is 12.6 Å². The molecule has 43 heavy (non-hydrogen) atoms. The molecule has 8 aromatic rings. The molecule has 0 fully saturated rings. The van der Waals surface area contributed by atoms with E-state index in [9.17, 15) is 0 Å². The van der Waals surface area contributed by atoms with Crippen LogP contribution in [0.3, 0.4) is 0 Å². The second kappa shape index (κ2) is 11.2. The monoisotopic (exact) mass is 572 g/mol. The van der Waals surface area contributed by atoms with E-state index in [0.717, 1.165) is 32.8 Å². The predicted molar refractivity (Wildman–Crippen MR) is 184 cm³/mol. The summed E-state index contributed by atoms with van der Waals surface area (Å²) in [4.78, 5) is 13.9. The normalized spacial score (nSPS) is 11.1. The summed E-state index contributed by atoms with van der Waals surface area (Å²) in [6.45, 7) is 5.26. The highest BCUT2D eigenvalue weighted by Crippen LogP contribution is 2.36. The highest BCUT2D eigenvalue weighted by molar-refractivity contribution is 7.84. The summed E-state index contributed by atoms with van der Waals surface area (Å²) in [5.41, 5.74) is 9.85. The average Bonchev–Trinajstić information content (AvgIpc) is 3.38. The molecule has 0 aliphatic rings. The van der Waals surface area contributed by atoms with E-state index < -0.39 is 0 Å². The first kappa shape index (κ1) is 26.6. The molecule has 5 heteroatoms. The molecule has 0 N–H and O–H groups in total. The summed E-state index contributed by atoms with van der Waals surface area (Å²) in [7, 11) is 0. The van der Waals surface area contributed by atoms with E-state index in [2.05, 4.69) is 148 Å². The largest absolute Gasteiger partial charge is 0.309 e. The number of thiol groups is 1. The summed E-state index contributed by atoms with van der Waals surface area (Å²) in [5.74, 6) is 0. The summed E-state index contributed by atoms with van der Waals surface area (Å²) >= 11 is 3.77. The molecule has 4 nitrogen and oxygen atoms in total. The Morgan fingerprint density at radius 2 is 1.40 bits per heavy atom. The third kappa shape index (κ3) is 5.05. The Bertz CT molecular complexity index is 2280. The van der Waals surface area contributed by atoms with Crippen molar-refractivity contribution in [3.05, 3.63) is 145 Å². The van der Waals surface area contributed by atoms with Crippen LogP contribution in [0.1, 0.15) is 6.92 Å². The van der Waals surface area contributed by atoms with E-state index in [1.165, 1.54) is 43.7 Å². The first-order valence-corrected chi connectivity index (χ1v) is 14.5. The van der Waals surface area contributed by atoms with Gasteiger partial charge in [0.1, 0.15) is 11.8 Å². The Kier molecular flexibility index (Phi) is 6.93. The van der Waals surface area contributed by atoms with E-state index in [0.29, 0.717) is 0 Å². The fourth-order valence-corrected chi connectivity index (χ4v) is 5.73. The zero-order chi connectivity index (χ0) is 29.3. The van der Waals surface area contributed by atoms with Gasteiger partial charge in [0.15, 0.2) is 0 Å². The zero-order valence-corrected chi connectivity index (χ0v) is 24.5. The van der Waals surface area contributed by atoms with Crippen molar-refractivity contribution in [2.24, 2.45) is 0 Å². The highest BCUT2D eigenvalue weighted by Gasteiger charge is 2.14. The van der Waals surface area contributed by atoms with Gasteiger partial charge in [-0.15, -0.1) is 12.6 Å². The maximum Gasteiger partial charge on any atom is 0.116 e. The third-order valence-electron chi connectivity index (χ3n) is 7.58. The predicted octanol–water partition coefficient (Wildman–Crippen LogP) is 10.1. The molecule has 5 aromatic carbocycles. The van der Waals surface area contributed by atoms with E-state index >= 15 is 0 Å². The topological polar surface area (TPSA) is 43.6 Å². The lowest BCUT2D eigenvalue weighted by molar-refractivity contribution is 1.19. The lowest BCUT2D eigenvalue weighted by Gasteiger charge is -2.11. The maximum atomic E-state index is 4.49. The number of pyridine rings is 1. The minimum absolute atomic E-state index is 0.798. The van der Waals surface area contributed by atoms with Gasteiger partial charge < -0.3 is 4.57 Å². The van der Waals surface area contributed by atoms with Crippen LogP contribution in [-0.2, 0) is 0 Å². The van der Waals surface area contributed by atoms with E-state index in [-0.39, 0.29) is 0 Å². The van der Waals surface area contributed by atoms with Gasteiger partial charge in [-0.25, -0.2) is 9.97 Å². The fourth-order valence-electron chi connectivity index (χ4n) is 5.73. The number of aromatic nitrogens is 4. The van der Waals surface area contributed by atoms with Gasteiger partial charge in [0.25, 0.3) is 0 Å². The Labute approximate surface area is 255 Å². The number of nitrogens with zero attached hydrogens (tertiary/aromatic N) is 4. The second-order valence-electron chi connectivity index (χ2n) is 10.5. The van der Waals surface area contributed by atoms with E-state index in [4.69, 9.17) is 0 Å². The Balaban J connectivity index is 0.000000709. The molecule has 0 saturated carbocycles. The summed E-state index contributed by atoms with van der Waals surface area (Å²) in [5, 5.41) is 4.89. The van der Waals surface area contributed by atoms with E-state index in [1.54, 1.807) is 12.5 Å². The van der Waals surface area contributed by atoms with Gasteiger partial charge in [0, 0.05) is 28.2 Å². The number of benzene rings is 5. The van der Waals surface area contributed by atoms with Gasteiger partial charge >= 0.3 is 0 Å². The number of para-hydroxylation sites is 1. The summed E-state index contributed by atoms with van der Waals surface area (Å²) < 4.78 is 2.38. The van der Waals surface area contributed by atoms with Gasteiger partial charge in [0.2, 0.25) is 0 Å². The Hall–Kier alpha value is -5.26. The maximum absolute atomic E-state index is 4.49. The quantitative estimate of drug-likeness (QED) is 0.214. The van der Waals surface area contributed by atoms with Crippen LogP contribution in [-0.4, -0.2) is 19.5 Å². The number of hydrogen-bond donors (Lipinski definition) is 1. The molecule has 206 valence electrons. The van der Waals surface area contributed by atoms with Crippen molar-refractivity contribution in [2.45, 2.75) is 6.92 Å². The highest BCUT2D eigenvalue weighted by atomic mass is 32.1. The molecule has 0 unspecified atom stereocenters. The van der Waals surface area contributed by atoms with Crippen LogP contribution in [0.15, 0.2) is 145 Å². The van der Waals surface area contributed by atoms with Crippen LogP contribution in [0.5, 0.6) is 0 Å². The molecule has 0 saturated heterocycles. The van der Waals surface area contributed by atoms with Crippen molar-refractivity contribution in [2.75, 3.05) is 0 Å². The molecule has 3 heterocycles. The molecule has 0 bridgehead atoms. The molecule has 0 atom stereocenters. The van der Waals surface area contributed by atoms with Crippen LogP contribution in [0.2, 0.25) is 0 Å². The Morgan fingerprint density at radius 3 is 2.26 bits per heavy atom. The van der Waals surface area contributed by atoms with Crippen LogP contribution in [0.25, 0.3) is 71.6 Å². The van der Waals surface area contributed by atoms with Crippen molar-refractivity contribution in [1.82, 2.24) is 19.5 Å². The van der Waals surface area contributed by atoms with Gasteiger partial charge in [-0.1, -0.05) is 79.4 Å². The van der Waals surface area contributed by atoms with Gasteiger partial charge in [-0.05, 0) is 81.8 Å². The average molecular weight is 573 g/mol. The molecule has 3 aromatic heterocycles. The number of rotatable bonds is 3. The van der Waals surface area contributed by atoms with Crippen molar-refractivity contribution in [3.8, 4) is 27.9 Å². The van der Waals surface area contributed by atoms with Crippen molar-refractivity contribution >= 4 is 56.2 Å². The molecule has 0 spiro atoms. The minimum atomic E-state index is 0.798. The minimum Gasteiger partial charge on any atom is -0.309 e. The fraction of sp³-hybridized carbons (Fsp3) is 0.0263. The molecular formula is C38H28N4S. The number of allylic oxidation sites excluding steroid dienone is 1. The van der Waals surface area contributed by atoms with Gasteiger partial charge in [-0.3, -0.25) is 4.98 Å². The zero-order valence-electron chi connectivity index (χ0n) is 23.6. The summed E-state index contributed by atoms with van der Waals surface area (Å²) in [6.07, 6.45) is 5.16. The Morgan fingerprint density at radius 1 is 0.674 bits per heavy atom. The number of fused-ring (bicyclic) bond motifs is 5. The molecule has 0 radical (unpaired) electrons. The molecule has 0 aliphatic heterocycles. The summed E-state index contributed by atoms with van der Waals surface area (Å²) in [6, 6.07) is 41.4.